The topological polar surface area (TPSA) is 62.5 Å². The Bertz CT molecular complexity index is 858. The van der Waals surface area contributed by atoms with Crippen LogP contribution in [0.1, 0.15) is 11.3 Å². The number of aliphatic hydroxyl groups excluding tert-OH is 1. The van der Waals surface area contributed by atoms with Gasteiger partial charge >= 0.3 is 0 Å². The molecule has 0 atom stereocenters. The lowest BCUT2D eigenvalue weighted by Crippen LogP contribution is -2.14. The van der Waals surface area contributed by atoms with E-state index in [-0.39, 0.29) is 12.5 Å². The van der Waals surface area contributed by atoms with Gasteiger partial charge in [0.1, 0.15) is 18.1 Å². The molecule has 0 fully saturated rings. The summed E-state index contributed by atoms with van der Waals surface area (Å²) in [5.74, 6) is 1.56. The zero-order valence-electron chi connectivity index (χ0n) is 13.9. The monoisotopic (exact) mass is 353 g/mol. The molecular formula is C20H19NO3S. The van der Waals surface area contributed by atoms with Crippen LogP contribution in [-0.2, 0) is 11.4 Å². The third kappa shape index (κ3) is 4.53. The third-order valence-electron chi connectivity index (χ3n) is 3.71. The van der Waals surface area contributed by atoms with Crippen molar-refractivity contribution in [2.45, 2.75) is 18.4 Å². The van der Waals surface area contributed by atoms with E-state index < -0.39 is 0 Å². The minimum absolute atomic E-state index is 0.0402. The summed E-state index contributed by atoms with van der Waals surface area (Å²) >= 11 is 1.51. The number of carbonyl (C=O) groups is 1. The van der Waals surface area contributed by atoms with E-state index in [1.165, 1.54) is 11.8 Å². The standard InChI is InChI=1S/C20H19NO3S/c1-14-11-15(7-9-18(14)19-10-8-16(12-22)24-19)21-20(23)13-25-17-5-3-2-4-6-17/h2-11,22H,12-13H2,1H3,(H,21,23). The van der Waals surface area contributed by atoms with Crippen molar-refractivity contribution in [1.82, 2.24) is 0 Å². The number of aryl methyl sites for hydroxylation is 1. The average molecular weight is 353 g/mol. The van der Waals surface area contributed by atoms with Gasteiger partial charge in [-0.15, -0.1) is 11.8 Å². The van der Waals surface area contributed by atoms with Crippen LogP contribution in [0.2, 0.25) is 0 Å². The first-order chi connectivity index (χ1) is 12.2. The average Bonchev–Trinajstić information content (AvgIpc) is 3.10. The number of hydrogen-bond donors (Lipinski definition) is 2. The lowest BCUT2D eigenvalue weighted by atomic mass is 10.1. The van der Waals surface area contributed by atoms with E-state index in [1.54, 1.807) is 6.07 Å². The maximum absolute atomic E-state index is 12.1. The molecule has 1 amide bonds. The number of rotatable bonds is 6. The molecule has 128 valence electrons. The Morgan fingerprint density at radius 2 is 1.92 bits per heavy atom. The van der Waals surface area contributed by atoms with Gasteiger partial charge in [0.05, 0.1) is 5.75 Å². The third-order valence-corrected chi connectivity index (χ3v) is 4.72. The van der Waals surface area contributed by atoms with Gasteiger partial charge in [0.2, 0.25) is 5.91 Å². The molecule has 0 saturated carbocycles. The quantitative estimate of drug-likeness (QED) is 0.642. The molecule has 5 heteroatoms. The fraction of sp³-hybridized carbons (Fsp3) is 0.150. The number of aliphatic hydroxyl groups is 1. The molecule has 2 N–H and O–H groups in total. The second kappa shape index (κ2) is 8.05. The normalized spacial score (nSPS) is 10.6. The van der Waals surface area contributed by atoms with E-state index in [2.05, 4.69) is 5.32 Å². The maximum atomic E-state index is 12.1. The molecule has 0 bridgehead atoms. The molecule has 0 unspecified atom stereocenters. The molecule has 0 aliphatic carbocycles. The van der Waals surface area contributed by atoms with Crippen molar-refractivity contribution < 1.29 is 14.3 Å². The summed E-state index contributed by atoms with van der Waals surface area (Å²) in [6.45, 7) is 1.84. The fourth-order valence-corrected chi connectivity index (χ4v) is 3.21. The molecule has 0 saturated heterocycles. The Balaban J connectivity index is 1.63. The summed E-state index contributed by atoms with van der Waals surface area (Å²) in [4.78, 5) is 13.2. The van der Waals surface area contributed by atoms with E-state index in [0.717, 1.165) is 21.7 Å². The lowest BCUT2D eigenvalue weighted by Gasteiger charge is -2.09. The molecule has 25 heavy (non-hydrogen) atoms. The summed E-state index contributed by atoms with van der Waals surface area (Å²) in [6, 6.07) is 19.1. The number of carbonyl (C=O) groups excluding carboxylic acids is 1. The van der Waals surface area contributed by atoms with Crippen molar-refractivity contribution in [2.75, 3.05) is 11.1 Å². The molecule has 0 aliphatic rings. The van der Waals surface area contributed by atoms with Crippen LogP contribution in [0, 0.1) is 6.92 Å². The van der Waals surface area contributed by atoms with Crippen molar-refractivity contribution in [3.8, 4) is 11.3 Å². The van der Waals surface area contributed by atoms with Crippen molar-refractivity contribution in [1.29, 1.82) is 0 Å². The van der Waals surface area contributed by atoms with Crippen molar-refractivity contribution in [3.05, 3.63) is 72.0 Å². The SMILES string of the molecule is Cc1cc(NC(=O)CSc2ccccc2)ccc1-c1ccc(CO)o1. The summed E-state index contributed by atoms with van der Waals surface area (Å²) in [5, 5.41) is 12.0. The van der Waals surface area contributed by atoms with Crippen molar-refractivity contribution in [2.24, 2.45) is 0 Å². The van der Waals surface area contributed by atoms with Crippen LogP contribution in [-0.4, -0.2) is 16.8 Å². The van der Waals surface area contributed by atoms with Crippen LogP contribution < -0.4 is 5.32 Å². The number of nitrogens with one attached hydrogen (secondary N) is 1. The zero-order valence-corrected chi connectivity index (χ0v) is 14.7. The molecule has 2 aromatic carbocycles. The molecule has 0 spiro atoms. The van der Waals surface area contributed by atoms with Crippen LogP contribution in [0.15, 0.2) is 70.0 Å². The zero-order chi connectivity index (χ0) is 17.6. The van der Waals surface area contributed by atoms with E-state index in [4.69, 9.17) is 9.52 Å². The van der Waals surface area contributed by atoms with Gasteiger partial charge in [-0.05, 0) is 55.0 Å². The van der Waals surface area contributed by atoms with Crippen molar-refractivity contribution >= 4 is 23.4 Å². The first-order valence-corrected chi connectivity index (χ1v) is 8.92. The maximum Gasteiger partial charge on any atom is 0.234 e. The van der Waals surface area contributed by atoms with E-state index in [9.17, 15) is 4.79 Å². The highest BCUT2D eigenvalue weighted by Crippen LogP contribution is 2.28. The second-order valence-electron chi connectivity index (χ2n) is 5.60. The molecule has 1 aromatic heterocycles. The number of hydrogen-bond acceptors (Lipinski definition) is 4. The van der Waals surface area contributed by atoms with Gasteiger partial charge in [-0.3, -0.25) is 4.79 Å². The highest BCUT2D eigenvalue weighted by atomic mass is 32.2. The minimum Gasteiger partial charge on any atom is -0.459 e. The Kier molecular flexibility index (Phi) is 5.58. The van der Waals surface area contributed by atoms with Crippen LogP contribution in [0.3, 0.4) is 0 Å². The highest BCUT2D eigenvalue weighted by Gasteiger charge is 2.09. The van der Waals surface area contributed by atoms with Gasteiger partial charge in [0.15, 0.2) is 0 Å². The Labute approximate surface area is 150 Å². The van der Waals surface area contributed by atoms with Crippen LogP contribution in [0.4, 0.5) is 5.69 Å². The van der Waals surface area contributed by atoms with E-state index >= 15 is 0 Å². The molecular weight excluding hydrogens is 334 g/mol. The predicted octanol–water partition coefficient (Wildman–Crippen LogP) is 4.48. The van der Waals surface area contributed by atoms with E-state index in [1.807, 2.05) is 61.5 Å². The fourth-order valence-electron chi connectivity index (χ4n) is 2.49. The summed E-state index contributed by atoms with van der Waals surface area (Å²) < 4.78 is 5.57. The first kappa shape index (κ1) is 17.3. The van der Waals surface area contributed by atoms with Gasteiger partial charge < -0.3 is 14.8 Å². The molecule has 1 heterocycles. The number of anilines is 1. The summed E-state index contributed by atoms with van der Waals surface area (Å²) in [6.07, 6.45) is 0. The van der Waals surface area contributed by atoms with Crippen LogP contribution in [0.25, 0.3) is 11.3 Å². The molecule has 4 nitrogen and oxygen atoms in total. The summed E-state index contributed by atoms with van der Waals surface area (Å²) in [5.41, 5.74) is 2.69. The van der Waals surface area contributed by atoms with Crippen LogP contribution in [0.5, 0.6) is 0 Å². The predicted molar refractivity (Wildman–Crippen MR) is 101 cm³/mol. The Morgan fingerprint density at radius 3 is 2.60 bits per heavy atom. The van der Waals surface area contributed by atoms with Gasteiger partial charge in [-0.1, -0.05) is 18.2 Å². The smallest absolute Gasteiger partial charge is 0.234 e. The van der Waals surface area contributed by atoms with Gasteiger partial charge in [0.25, 0.3) is 0 Å². The second-order valence-corrected chi connectivity index (χ2v) is 6.65. The largest absolute Gasteiger partial charge is 0.459 e. The van der Waals surface area contributed by atoms with Gasteiger partial charge in [-0.25, -0.2) is 0 Å². The molecule has 0 radical (unpaired) electrons. The molecule has 3 rings (SSSR count). The number of amides is 1. The minimum atomic E-state index is -0.119. The molecule has 3 aromatic rings. The van der Waals surface area contributed by atoms with Gasteiger partial charge in [-0.2, -0.15) is 0 Å². The van der Waals surface area contributed by atoms with Crippen molar-refractivity contribution in [3.63, 3.8) is 0 Å². The van der Waals surface area contributed by atoms with Gasteiger partial charge in [0, 0.05) is 16.1 Å². The lowest BCUT2D eigenvalue weighted by molar-refractivity contribution is -0.113. The Morgan fingerprint density at radius 1 is 1.12 bits per heavy atom. The molecule has 0 aliphatic heterocycles. The van der Waals surface area contributed by atoms with E-state index in [0.29, 0.717) is 17.3 Å². The first-order valence-electron chi connectivity index (χ1n) is 7.94. The number of thioether (sulfide) groups is 1. The number of benzene rings is 2. The summed E-state index contributed by atoms with van der Waals surface area (Å²) in [7, 11) is 0. The van der Waals surface area contributed by atoms with Crippen LogP contribution >= 0.6 is 11.8 Å². The highest BCUT2D eigenvalue weighted by molar-refractivity contribution is 8.00. The Hall–Kier alpha value is -2.50. The number of furan rings is 1.